The summed E-state index contributed by atoms with van der Waals surface area (Å²) >= 11 is 0. The van der Waals surface area contributed by atoms with Gasteiger partial charge in [0, 0.05) is 23.0 Å². The summed E-state index contributed by atoms with van der Waals surface area (Å²) in [5.41, 5.74) is 2.10. The van der Waals surface area contributed by atoms with Crippen LogP contribution in [0.1, 0.15) is 31.5 Å². The van der Waals surface area contributed by atoms with Gasteiger partial charge in [-0.2, -0.15) is 0 Å². The lowest BCUT2D eigenvalue weighted by molar-refractivity contribution is -0.274. The zero-order valence-corrected chi connectivity index (χ0v) is 15.8. The molecule has 0 unspecified atom stereocenters. The molecule has 1 aliphatic carbocycles. The molecule has 2 aromatic carbocycles. The first-order chi connectivity index (χ1) is 14.3. The van der Waals surface area contributed by atoms with Crippen LogP contribution in [0.15, 0.2) is 59.4 Å². The predicted molar refractivity (Wildman–Crippen MR) is 110 cm³/mol. The van der Waals surface area contributed by atoms with E-state index < -0.39 is 6.36 Å². The molecule has 0 spiro atoms. The number of rotatable bonds is 4. The van der Waals surface area contributed by atoms with E-state index in [1.54, 1.807) is 28.8 Å². The molecular formula is C23H22F3NO4. The van der Waals surface area contributed by atoms with Crippen LogP contribution in [0.3, 0.4) is 0 Å². The van der Waals surface area contributed by atoms with E-state index in [0.717, 1.165) is 24.1 Å². The number of alkyl halides is 3. The van der Waals surface area contributed by atoms with Gasteiger partial charge in [0.25, 0.3) is 0 Å². The molecule has 0 aliphatic heterocycles. The number of aromatic nitrogens is 1. The van der Waals surface area contributed by atoms with Gasteiger partial charge in [0.1, 0.15) is 17.2 Å². The molecule has 1 N–H and O–H groups in total. The van der Waals surface area contributed by atoms with Crippen molar-refractivity contribution in [3.05, 3.63) is 76.1 Å². The lowest BCUT2D eigenvalue weighted by Gasteiger charge is -2.22. The summed E-state index contributed by atoms with van der Waals surface area (Å²) in [5.74, 6) is 0.372. The molecule has 0 amide bonds. The third-order valence-corrected chi connectivity index (χ3v) is 4.88. The Morgan fingerprint density at radius 3 is 2.03 bits per heavy atom. The number of nitrogens with zero attached hydrogens (tertiary/aromatic N) is 1. The van der Waals surface area contributed by atoms with E-state index in [4.69, 9.17) is 4.74 Å². The maximum absolute atomic E-state index is 12.2. The Balaban J connectivity index is 0.00000272. The quantitative estimate of drug-likeness (QED) is 0.569. The van der Waals surface area contributed by atoms with E-state index in [1.165, 1.54) is 30.3 Å². The first kappa shape index (κ1) is 22.3. The number of benzene rings is 2. The van der Waals surface area contributed by atoms with Crippen molar-refractivity contribution >= 4 is 0 Å². The number of halogens is 3. The second-order valence-electron chi connectivity index (χ2n) is 6.95. The molecule has 1 aromatic heterocycles. The Labute approximate surface area is 177 Å². The molecule has 0 radical (unpaired) electrons. The Morgan fingerprint density at radius 1 is 0.871 bits per heavy atom. The van der Waals surface area contributed by atoms with Crippen molar-refractivity contribution in [3.63, 3.8) is 0 Å². The van der Waals surface area contributed by atoms with Gasteiger partial charge < -0.3 is 14.6 Å². The van der Waals surface area contributed by atoms with E-state index in [2.05, 4.69) is 4.74 Å². The van der Waals surface area contributed by atoms with Gasteiger partial charge in [-0.1, -0.05) is 7.43 Å². The lowest BCUT2D eigenvalue weighted by Crippen LogP contribution is -2.21. The van der Waals surface area contributed by atoms with Crippen LogP contribution in [0.4, 0.5) is 13.2 Å². The van der Waals surface area contributed by atoms with E-state index in [0.29, 0.717) is 30.0 Å². The highest BCUT2D eigenvalue weighted by atomic mass is 19.4. The van der Waals surface area contributed by atoms with Crippen LogP contribution in [0, 0.1) is 0 Å². The molecule has 0 bridgehead atoms. The van der Waals surface area contributed by atoms with Crippen LogP contribution in [0.2, 0.25) is 0 Å². The van der Waals surface area contributed by atoms with E-state index in [-0.39, 0.29) is 24.5 Å². The molecule has 0 saturated carbocycles. The number of hydrogen-bond donors (Lipinski definition) is 1. The summed E-state index contributed by atoms with van der Waals surface area (Å²) in [6, 6.07) is 13.2. The summed E-state index contributed by atoms with van der Waals surface area (Å²) in [6.45, 7) is 0. The second kappa shape index (κ2) is 8.75. The lowest BCUT2D eigenvalue weighted by atomic mass is 9.95. The minimum absolute atomic E-state index is 0. The normalized spacial score (nSPS) is 13.1. The van der Waals surface area contributed by atoms with Gasteiger partial charge >= 0.3 is 6.36 Å². The van der Waals surface area contributed by atoms with Crippen LogP contribution >= 0.6 is 0 Å². The van der Waals surface area contributed by atoms with Gasteiger partial charge in [0.2, 0.25) is 0 Å². The molecule has 164 valence electrons. The summed E-state index contributed by atoms with van der Waals surface area (Å²) in [5, 5.41) is 10.4. The summed E-state index contributed by atoms with van der Waals surface area (Å²) < 4.78 is 47.9. The van der Waals surface area contributed by atoms with Gasteiger partial charge in [0.05, 0.1) is 0 Å². The van der Waals surface area contributed by atoms with Crippen molar-refractivity contribution in [2.75, 3.05) is 0 Å². The fourth-order valence-corrected chi connectivity index (χ4v) is 3.61. The van der Waals surface area contributed by atoms with Crippen molar-refractivity contribution in [3.8, 4) is 28.8 Å². The van der Waals surface area contributed by atoms with Gasteiger partial charge in [-0.15, -0.1) is 13.2 Å². The van der Waals surface area contributed by atoms with Crippen molar-refractivity contribution in [2.45, 2.75) is 39.5 Å². The number of aromatic hydroxyl groups is 1. The minimum Gasteiger partial charge on any atom is -0.494 e. The van der Waals surface area contributed by atoms with Gasteiger partial charge in [-0.3, -0.25) is 9.36 Å². The SMILES string of the molecule is C.O=c1cc(O)n(-c2ccc(Oc3ccc(OC(F)(F)F)cc3)cc2)c2c1CCCC2. The molecule has 5 nitrogen and oxygen atoms in total. The third kappa shape index (κ3) is 5.02. The monoisotopic (exact) mass is 433 g/mol. The zero-order valence-electron chi connectivity index (χ0n) is 15.8. The third-order valence-electron chi connectivity index (χ3n) is 4.88. The fourth-order valence-electron chi connectivity index (χ4n) is 3.61. The van der Waals surface area contributed by atoms with E-state index in [9.17, 15) is 23.1 Å². The minimum atomic E-state index is -4.75. The molecule has 0 fully saturated rings. The number of fused-ring (bicyclic) bond motifs is 1. The zero-order chi connectivity index (χ0) is 21.3. The Hall–Kier alpha value is -3.42. The van der Waals surface area contributed by atoms with E-state index >= 15 is 0 Å². The van der Waals surface area contributed by atoms with Crippen LogP contribution < -0.4 is 14.9 Å². The van der Waals surface area contributed by atoms with Crippen LogP contribution in [-0.2, 0) is 12.8 Å². The van der Waals surface area contributed by atoms with Crippen molar-refractivity contribution in [2.24, 2.45) is 0 Å². The Kier molecular flexibility index (Phi) is 6.29. The fraction of sp³-hybridized carbons (Fsp3) is 0.261. The maximum Gasteiger partial charge on any atom is 0.573 e. The molecule has 0 saturated heterocycles. The first-order valence-electron chi connectivity index (χ1n) is 9.41. The maximum atomic E-state index is 12.2. The van der Waals surface area contributed by atoms with Gasteiger partial charge in [-0.05, 0) is 74.2 Å². The molecule has 0 atom stereocenters. The highest BCUT2D eigenvalue weighted by Gasteiger charge is 2.31. The smallest absolute Gasteiger partial charge is 0.494 e. The largest absolute Gasteiger partial charge is 0.573 e. The topological polar surface area (TPSA) is 60.7 Å². The van der Waals surface area contributed by atoms with Crippen molar-refractivity contribution < 1.29 is 27.8 Å². The molecule has 1 heterocycles. The highest BCUT2D eigenvalue weighted by Crippen LogP contribution is 2.30. The average Bonchev–Trinajstić information content (AvgIpc) is 2.70. The Morgan fingerprint density at radius 2 is 1.42 bits per heavy atom. The van der Waals surface area contributed by atoms with Gasteiger partial charge in [-0.25, -0.2) is 0 Å². The highest BCUT2D eigenvalue weighted by molar-refractivity contribution is 5.45. The molecule has 8 heteroatoms. The number of pyridine rings is 1. The molecule has 31 heavy (non-hydrogen) atoms. The molecule has 1 aliphatic rings. The van der Waals surface area contributed by atoms with E-state index in [1.807, 2.05) is 0 Å². The predicted octanol–water partition coefficient (Wildman–Crippen LogP) is 5.75. The van der Waals surface area contributed by atoms with Gasteiger partial charge in [0.15, 0.2) is 11.3 Å². The van der Waals surface area contributed by atoms with Crippen LogP contribution in [-0.4, -0.2) is 16.0 Å². The summed E-state index contributed by atoms with van der Waals surface area (Å²) in [6.07, 6.45) is -1.43. The van der Waals surface area contributed by atoms with Crippen molar-refractivity contribution in [1.29, 1.82) is 0 Å². The molecule has 3 aromatic rings. The molecule has 4 rings (SSSR count). The standard InChI is InChI=1S/C22H18F3NO4.CH4/c23-22(24,25)30-17-11-9-16(10-12-17)29-15-7-5-14(6-8-15)26-19-4-2-1-3-18(19)20(27)13-21(26)28;/h5-13,28H,1-4H2;1H4. The molecular weight excluding hydrogens is 411 g/mol. The summed E-state index contributed by atoms with van der Waals surface area (Å²) in [4.78, 5) is 12.2. The van der Waals surface area contributed by atoms with Crippen LogP contribution in [0.5, 0.6) is 23.1 Å². The summed E-state index contributed by atoms with van der Waals surface area (Å²) in [7, 11) is 0. The first-order valence-corrected chi connectivity index (χ1v) is 9.41. The van der Waals surface area contributed by atoms with Crippen LogP contribution in [0.25, 0.3) is 5.69 Å². The second-order valence-corrected chi connectivity index (χ2v) is 6.95. The Bertz CT molecular complexity index is 1100. The van der Waals surface area contributed by atoms with Crippen molar-refractivity contribution in [1.82, 2.24) is 4.57 Å². The number of ether oxygens (including phenoxy) is 2. The average molecular weight is 433 g/mol. The number of hydrogen-bond acceptors (Lipinski definition) is 4.